The summed E-state index contributed by atoms with van der Waals surface area (Å²) in [5.74, 6) is -0.140. The zero-order valence-electron chi connectivity index (χ0n) is 16.2. The number of carbonyl (C=O) groups excluding carboxylic acids is 1. The highest BCUT2D eigenvalue weighted by Gasteiger charge is 2.28. The maximum absolute atomic E-state index is 13.7. The van der Waals surface area contributed by atoms with Gasteiger partial charge in [0.15, 0.2) is 0 Å². The molecule has 2 aromatic carbocycles. The van der Waals surface area contributed by atoms with Crippen LogP contribution in [0.2, 0.25) is 0 Å². The molecule has 1 amide bonds. The van der Waals surface area contributed by atoms with Gasteiger partial charge in [-0.2, -0.15) is 0 Å². The number of hydrogen-bond donors (Lipinski definition) is 1. The van der Waals surface area contributed by atoms with Crippen molar-refractivity contribution >= 4 is 16.8 Å². The topological polar surface area (TPSA) is 45.2 Å². The van der Waals surface area contributed by atoms with Crippen LogP contribution in [-0.4, -0.2) is 35.9 Å². The Hall–Kier alpha value is -2.79. The number of pyridine rings is 1. The molecule has 1 unspecified atom stereocenters. The molecule has 1 aliphatic heterocycles. The summed E-state index contributed by atoms with van der Waals surface area (Å²) in [6.07, 6.45) is 0.867. The van der Waals surface area contributed by atoms with Crippen LogP contribution in [0.1, 0.15) is 17.5 Å². The third kappa shape index (κ3) is 3.76. The predicted molar refractivity (Wildman–Crippen MR) is 109 cm³/mol. The number of halogens is 1. The van der Waals surface area contributed by atoms with Crippen molar-refractivity contribution in [2.45, 2.75) is 19.9 Å². The van der Waals surface area contributed by atoms with Crippen LogP contribution >= 0.6 is 0 Å². The van der Waals surface area contributed by atoms with Gasteiger partial charge in [0.2, 0.25) is 5.91 Å². The molecule has 1 aliphatic rings. The molecule has 1 N–H and O–H groups in total. The minimum atomic E-state index is -0.282. The van der Waals surface area contributed by atoms with E-state index >= 15 is 0 Å². The van der Waals surface area contributed by atoms with E-state index in [1.165, 1.54) is 17.7 Å². The number of fused-ring (bicyclic) bond motifs is 1. The van der Waals surface area contributed by atoms with E-state index in [2.05, 4.69) is 47.5 Å². The van der Waals surface area contributed by atoms with Crippen molar-refractivity contribution in [3.8, 4) is 11.3 Å². The fraction of sp³-hybridized carbons (Fsp3) is 0.304. The summed E-state index contributed by atoms with van der Waals surface area (Å²) >= 11 is 0. The van der Waals surface area contributed by atoms with Crippen LogP contribution in [0, 0.1) is 18.7 Å². The molecule has 1 fully saturated rings. The molecule has 1 saturated heterocycles. The Bertz CT molecular complexity index is 1020. The molecular weight excluding hydrogens is 353 g/mol. The number of hydrogen-bond acceptors (Lipinski definition) is 3. The minimum Gasteiger partial charge on any atom is -0.359 e. The summed E-state index contributed by atoms with van der Waals surface area (Å²) in [5, 5.41) is 3.68. The van der Waals surface area contributed by atoms with E-state index in [0.717, 1.165) is 48.3 Å². The number of nitrogens with zero attached hydrogens (tertiary/aromatic N) is 2. The Morgan fingerprint density at radius 3 is 2.75 bits per heavy atom. The molecule has 1 atom stereocenters. The smallest absolute Gasteiger partial charge is 0.224 e. The van der Waals surface area contributed by atoms with Gasteiger partial charge in [-0.3, -0.25) is 9.69 Å². The maximum atomic E-state index is 13.7. The second-order valence-corrected chi connectivity index (χ2v) is 7.53. The number of likely N-dealkylation sites (tertiary alicyclic amines) is 1. The molecule has 4 rings (SSSR count). The highest BCUT2D eigenvalue weighted by Crippen LogP contribution is 2.29. The lowest BCUT2D eigenvalue weighted by Gasteiger charge is -2.19. The summed E-state index contributed by atoms with van der Waals surface area (Å²) in [4.78, 5) is 19.1. The van der Waals surface area contributed by atoms with Crippen LogP contribution < -0.4 is 5.32 Å². The second kappa shape index (κ2) is 7.68. The van der Waals surface area contributed by atoms with Gasteiger partial charge in [-0.05, 0) is 43.7 Å². The highest BCUT2D eigenvalue weighted by atomic mass is 19.1. The molecule has 0 saturated carbocycles. The molecule has 0 spiro atoms. The number of rotatable bonds is 4. The van der Waals surface area contributed by atoms with Crippen LogP contribution in [0.5, 0.6) is 0 Å². The van der Waals surface area contributed by atoms with Crippen molar-refractivity contribution in [3.05, 3.63) is 65.5 Å². The van der Waals surface area contributed by atoms with E-state index in [4.69, 9.17) is 4.98 Å². The van der Waals surface area contributed by atoms with E-state index in [1.54, 1.807) is 13.1 Å². The van der Waals surface area contributed by atoms with Crippen LogP contribution in [-0.2, 0) is 11.3 Å². The first-order valence-electron chi connectivity index (χ1n) is 9.63. The van der Waals surface area contributed by atoms with Gasteiger partial charge in [0.25, 0.3) is 0 Å². The molecule has 0 aliphatic carbocycles. The largest absolute Gasteiger partial charge is 0.359 e. The zero-order valence-corrected chi connectivity index (χ0v) is 16.2. The van der Waals surface area contributed by atoms with Crippen LogP contribution in [0.4, 0.5) is 4.39 Å². The van der Waals surface area contributed by atoms with Gasteiger partial charge >= 0.3 is 0 Å². The molecule has 144 valence electrons. The molecule has 5 heteroatoms. The minimum absolute atomic E-state index is 0.0373. The molecule has 2 heterocycles. The van der Waals surface area contributed by atoms with Crippen molar-refractivity contribution in [3.63, 3.8) is 0 Å². The van der Waals surface area contributed by atoms with Gasteiger partial charge in [-0.15, -0.1) is 0 Å². The Morgan fingerprint density at radius 2 is 2.00 bits per heavy atom. The number of amides is 1. The number of aryl methyl sites for hydroxylation is 1. The van der Waals surface area contributed by atoms with Crippen molar-refractivity contribution in [1.82, 2.24) is 15.2 Å². The molecule has 1 aromatic heterocycles. The summed E-state index contributed by atoms with van der Waals surface area (Å²) in [6, 6.07) is 15.1. The molecular formula is C23H24FN3O. The SMILES string of the molecule is CNC(=O)C1CCN(Cc2cc3ccc(F)cc3nc2-c2ccc(C)cc2)C1. The van der Waals surface area contributed by atoms with Crippen molar-refractivity contribution in [2.24, 2.45) is 5.92 Å². The van der Waals surface area contributed by atoms with Gasteiger partial charge in [0.1, 0.15) is 5.82 Å². The van der Waals surface area contributed by atoms with Crippen LogP contribution in [0.3, 0.4) is 0 Å². The highest BCUT2D eigenvalue weighted by molar-refractivity contribution is 5.83. The van der Waals surface area contributed by atoms with Crippen LogP contribution in [0.15, 0.2) is 48.5 Å². The van der Waals surface area contributed by atoms with E-state index in [-0.39, 0.29) is 17.6 Å². The molecule has 4 nitrogen and oxygen atoms in total. The summed E-state index contributed by atoms with van der Waals surface area (Å²) in [7, 11) is 1.69. The first-order valence-corrected chi connectivity index (χ1v) is 9.63. The van der Waals surface area contributed by atoms with E-state index in [0.29, 0.717) is 5.52 Å². The fourth-order valence-electron chi connectivity index (χ4n) is 3.90. The average molecular weight is 377 g/mol. The van der Waals surface area contributed by atoms with Crippen LogP contribution in [0.25, 0.3) is 22.2 Å². The monoisotopic (exact) mass is 377 g/mol. The van der Waals surface area contributed by atoms with Crippen molar-refractivity contribution in [1.29, 1.82) is 0 Å². The van der Waals surface area contributed by atoms with Gasteiger partial charge in [-0.25, -0.2) is 9.37 Å². The Morgan fingerprint density at radius 1 is 1.21 bits per heavy atom. The molecule has 0 bridgehead atoms. The molecule has 3 aromatic rings. The normalized spacial score (nSPS) is 17.2. The lowest BCUT2D eigenvalue weighted by molar-refractivity contribution is -0.124. The predicted octanol–water partition coefficient (Wildman–Crippen LogP) is 3.92. The summed E-state index contributed by atoms with van der Waals surface area (Å²) < 4.78 is 13.7. The first-order chi connectivity index (χ1) is 13.5. The van der Waals surface area contributed by atoms with Crippen molar-refractivity contribution in [2.75, 3.05) is 20.1 Å². The Labute approximate surface area is 164 Å². The number of benzene rings is 2. The fourth-order valence-corrected chi connectivity index (χ4v) is 3.90. The number of nitrogens with one attached hydrogen (secondary N) is 1. The molecule has 0 radical (unpaired) electrons. The van der Waals surface area contributed by atoms with Crippen molar-refractivity contribution < 1.29 is 9.18 Å². The van der Waals surface area contributed by atoms with E-state index in [9.17, 15) is 9.18 Å². The zero-order chi connectivity index (χ0) is 19.7. The maximum Gasteiger partial charge on any atom is 0.224 e. The van der Waals surface area contributed by atoms with E-state index in [1.807, 2.05) is 0 Å². The average Bonchev–Trinajstić information content (AvgIpc) is 3.16. The Balaban J connectivity index is 1.71. The number of carbonyl (C=O) groups is 1. The summed E-state index contributed by atoms with van der Waals surface area (Å²) in [6.45, 7) is 4.40. The van der Waals surface area contributed by atoms with Gasteiger partial charge < -0.3 is 5.32 Å². The van der Waals surface area contributed by atoms with Gasteiger partial charge in [-0.1, -0.05) is 29.8 Å². The number of aromatic nitrogens is 1. The quantitative estimate of drug-likeness (QED) is 0.750. The molecule has 28 heavy (non-hydrogen) atoms. The third-order valence-corrected chi connectivity index (χ3v) is 5.47. The van der Waals surface area contributed by atoms with Gasteiger partial charge in [0.05, 0.1) is 17.1 Å². The lowest BCUT2D eigenvalue weighted by Crippen LogP contribution is -2.30. The second-order valence-electron chi connectivity index (χ2n) is 7.53. The standard InChI is InChI=1S/C23H24FN3O/c1-15-3-5-16(6-4-15)22-19(11-17-7-8-20(24)12-21(17)26-22)14-27-10-9-18(13-27)23(28)25-2/h3-8,11-12,18H,9-10,13-14H2,1-2H3,(H,25,28). The first kappa shape index (κ1) is 18.6. The summed E-state index contributed by atoms with van der Waals surface area (Å²) in [5.41, 5.74) is 4.84. The van der Waals surface area contributed by atoms with Gasteiger partial charge in [0, 0.05) is 37.2 Å². The van der Waals surface area contributed by atoms with E-state index < -0.39 is 0 Å². The Kier molecular flexibility index (Phi) is 5.09. The third-order valence-electron chi connectivity index (χ3n) is 5.47. The lowest BCUT2D eigenvalue weighted by atomic mass is 10.0.